The zero-order valence-electron chi connectivity index (χ0n) is 19.5. The lowest BCUT2D eigenvalue weighted by Gasteiger charge is -2.34. The number of thiazole rings is 1. The summed E-state index contributed by atoms with van der Waals surface area (Å²) in [5, 5.41) is 29.9. The molecular formula is C25H23ClF3N5O2S. The second kappa shape index (κ2) is 10.4. The third kappa shape index (κ3) is 5.49. The smallest absolute Gasteiger partial charge is 0.416 e. The van der Waals surface area contributed by atoms with Crippen molar-refractivity contribution in [2.24, 2.45) is 10.2 Å². The number of halogens is 4. The number of rotatable bonds is 6. The number of piperazine rings is 1. The van der Waals surface area contributed by atoms with Gasteiger partial charge in [0.15, 0.2) is 5.13 Å². The largest absolute Gasteiger partial charge is 0.492 e. The second-order valence-electron chi connectivity index (χ2n) is 8.77. The minimum absolute atomic E-state index is 0.00348. The molecule has 37 heavy (non-hydrogen) atoms. The Balaban J connectivity index is 1.58. The van der Waals surface area contributed by atoms with Crippen molar-refractivity contribution in [1.82, 2.24) is 9.88 Å². The maximum atomic E-state index is 13.9. The molecule has 0 aliphatic carbocycles. The number of hydrogen-bond donors (Lipinski definition) is 2. The molecule has 7 nitrogen and oxygen atoms in total. The highest BCUT2D eigenvalue weighted by molar-refractivity contribution is 7.17. The number of anilines is 1. The Labute approximate surface area is 219 Å². The van der Waals surface area contributed by atoms with Gasteiger partial charge >= 0.3 is 6.18 Å². The van der Waals surface area contributed by atoms with Gasteiger partial charge in [0.05, 0.1) is 28.6 Å². The molecule has 12 heteroatoms. The number of aromatic nitrogens is 1. The van der Waals surface area contributed by atoms with Crippen molar-refractivity contribution >= 4 is 39.9 Å². The van der Waals surface area contributed by atoms with Crippen molar-refractivity contribution < 1.29 is 23.4 Å². The van der Waals surface area contributed by atoms with Gasteiger partial charge in [0.25, 0.3) is 0 Å². The fraction of sp³-hybridized carbons (Fsp3) is 0.320. The number of aliphatic hydroxyl groups is 1. The van der Waals surface area contributed by atoms with Crippen LogP contribution in [0.3, 0.4) is 0 Å². The lowest BCUT2D eigenvalue weighted by atomic mass is 9.96. The summed E-state index contributed by atoms with van der Waals surface area (Å²) in [6.07, 6.45) is -3.10. The molecule has 2 aliphatic rings. The van der Waals surface area contributed by atoms with Crippen molar-refractivity contribution in [2.45, 2.75) is 12.6 Å². The number of β-amino-alcohol motifs (C(OH)–C–C–N with tert-alkyl or cyclic N) is 1. The van der Waals surface area contributed by atoms with E-state index in [4.69, 9.17) is 11.6 Å². The molecule has 0 atom stereocenters. The second-order valence-corrected chi connectivity index (χ2v) is 10.2. The van der Waals surface area contributed by atoms with Gasteiger partial charge in [0, 0.05) is 49.7 Å². The minimum Gasteiger partial charge on any atom is -0.492 e. The summed E-state index contributed by atoms with van der Waals surface area (Å²) in [6.45, 7) is 3.48. The van der Waals surface area contributed by atoms with Crippen molar-refractivity contribution in [2.75, 3.05) is 44.2 Å². The number of aromatic hydroxyl groups is 1. The normalized spacial score (nSPS) is 16.6. The Morgan fingerprint density at radius 2 is 1.86 bits per heavy atom. The minimum atomic E-state index is -4.59. The fourth-order valence-electron chi connectivity index (χ4n) is 4.50. The van der Waals surface area contributed by atoms with Crippen molar-refractivity contribution in [1.29, 1.82) is 0 Å². The van der Waals surface area contributed by atoms with Gasteiger partial charge in [-0.1, -0.05) is 35.1 Å². The summed E-state index contributed by atoms with van der Waals surface area (Å²) in [4.78, 5) is 8.96. The van der Waals surface area contributed by atoms with E-state index in [1.807, 2.05) is 4.90 Å². The Hall–Kier alpha value is -2.99. The maximum Gasteiger partial charge on any atom is 0.416 e. The molecule has 3 heterocycles. The van der Waals surface area contributed by atoms with Gasteiger partial charge in [-0.3, -0.25) is 4.90 Å². The van der Waals surface area contributed by atoms with E-state index in [9.17, 15) is 23.4 Å². The standard InChI is InChI=1S/C25H23ClF3N5O2S/c26-18-3-1-16(20(13-18)25(27,28)29)12-19(15-2-4-21-17(11-15)14-30-32-21)22-23(36)31-24(37-22)34-7-5-33(6-8-34)9-10-35/h1-4,11,13-14,35-36H,5-10,12H2. The molecule has 2 aromatic carbocycles. The third-order valence-corrected chi connectivity index (χ3v) is 7.81. The molecule has 1 aromatic heterocycles. The molecule has 2 N–H and O–H groups in total. The SMILES string of the molecule is OCCN1CCN(c2nc(O)c(C(Cc3ccc(Cl)cc3C(F)(F)F)=c3ccc4c(c3)C=NN=4)s2)CC1. The predicted octanol–water partition coefficient (Wildman–Crippen LogP) is 3.04. The van der Waals surface area contributed by atoms with Crippen LogP contribution in [-0.2, 0) is 12.6 Å². The van der Waals surface area contributed by atoms with Crippen LogP contribution < -0.4 is 15.5 Å². The molecule has 0 spiro atoms. The summed E-state index contributed by atoms with van der Waals surface area (Å²) in [5.74, 6) is -0.228. The molecular weight excluding hydrogens is 527 g/mol. The van der Waals surface area contributed by atoms with Gasteiger partial charge < -0.3 is 15.1 Å². The molecule has 2 aliphatic heterocycles. The Morgan fingerprint density at radius 3 is 2.59 bits per heavy atom. The highest BCUT2D eigenvalue weighted by Gasteiger charge is 2.34. The lowest BCUT2D eigenvalue weighted by Crippen LogP contribution is -2.47. The number of nitrogens with zero attached hydrogens (tertiary/aromatic N) is 5. The van der Waals surface area contributed by atoms with Crippen LogP contribution in [0.25, 0.3) is 5.57 Å². The van der Waals surface area contributed by atoms with E-state index < -0.39 is 11.7 Å². The third-order valence-electron chi connectivity index (χ3n) is 6.41. The Morgan fingerprint density at radius 1 is 1.08 bits per heavy atom. The number of aliphatic hydroxyl groups excluding tert-OH is 1. The zero-order valence-corrected chi connectivity index (χ0v) is 21.1. The first-order valence-corrected chi connectivity index (χ1v) is 12.8. The highest BCUT2D eigenvalue weighted by Crippen LogP contribution is 2.39. The van der Waals surface area contributed by atoms with Crippen LogP contribution >= 0.6 is 22.9 Å². The predicted molar refractivity (Wildman–Crippen MR) is 137 cm³/mol. The molecule has 5 rings (SSSR count). The van der Waals surface area contributed by atoms with Crippen LogP contribution in [0.1, 0.15) is 21.6 Å². The summed E-state index contributed by atoms with van der Waals surface area (Å²) in [6, 6.07) is 9.05. The molecule has 194 valence electrons. The lowest BCUT2D eigenvalue weighted by molar-refractivity contribution is -0.138. The van der Waals surface area contributed by atoms with Crippen molar-refractivity contribution in [3.8, 4) is 5.88 Å². The first-order chi connectivity index (χ1) is 17.7. The van der Waals surface area contributed by atoms with Crippen LogP contribution in [0, 0.1) is 0 Å². The molecule has 1 saturated heterocycles. The Kier molecular flexibility index (Phi) is 7.21. The van der Waals surface area contributed by atoms with E-state index in [2.05, 4.69) is 20.1 Å². The van der Waals surface area contributed by atoms with Crippen LogP contribution in [0.15, 0.2) is 46.6 Å². The van der Waals surface area contributed by atoms with E-state index in [1.54, 1.807) is 24.4 Å². The number of hydrogen-bond acceptors (Lipinski definition) is 8. The van der Waals surface area contributed by atoms with E-state index in [0.29, 0.717) is 45.8 Å². The molecule has 0 unspecified atom stereocenters. The monoisotopic (exact) mass is 549 g/mol. The summed E-state index contributed by atoms with van der Waals surface area (Å²) in [7, 11) is 0. The molecule has 1 fully saturated rings. The average molecular weight is 550 g/mol. The van der Waals surface area contributed by atoms with Crippen LogP contribution in [0.5, 0.6) is 5.88 Å². The summed E-state index contributed by atoms with van der Waals surface area (Å²) < 4.78 is 41.7. The first kappa shape index (κ1) is 25.7. The van der Waals surface area contributed by atoms with Crippen molar-refractivity contribution in [3.63, 3.8) is 0 Å². The van der Waals surface area contributed by atoms with Crippen LogP contribution in [0.2, 0.25) is 5.02 Å². The summed E-state index contributed by atoms with van der Waals surface area (Å²) in [5.41, 5.74) is 0.472. The number of alkyl halides is 3. The molecule has 0 radical (unpaired) electrons. The van der Waals surface area contributed by atoms with E-state index in [0.717, 1.165) is 24.7 Å². The first-order valence-electron chi connectivity index (χ1n) is 11.6. The topological polar surface area (TPSA) is 84.5 Å². The number of fused-ring (bicyclic) bond motifs is 1. The van der Waals surface area contributed by atoms with Gasteiger partial charge in [-0.2, -0.15) is 28.4 Å². The Bertz CT molecular complexity index is 1470. The maximum absolute atomic E-state index is 13.9. The average Bonchev–Trinajstić information content (AvgIpc) is 3.49. The summed E-state index contributed by atoms with van der Waals surface area (Å²) >= 11 is 7.15. The quantitative estimate of drug-likeness (QED) is 0.494. The van der Waals surface area contributed by atoms with Gasteiger partial charge in [-0.25, -0.2) is 0 Å². The van der Waals surface area contributed by atoms with Gasteiger partial charge in [-0.05, 0) is 40.6 Å². The van der Waals surface area contributed by atoms with E-state index in [1.165, 1.54) is 23.5 Å². The molecule has 0 amide bonds. The number of benzene rings is 2. The van der Waals surface area contributed by atoms with Crippen LogP contribution in [-0.4, -0.2) is 65.6 Å². The van der Waals surface area contributed by atoms with E-state index >= 15 is 0 Å². The zero-order chi connectivity index (χ0) is 26.2. The highest BCUT2D eigenvalue weighted by atomic mass is 35.5. The van der Waals surface area contributed by atoms with Crippen molar-refractivity contribution in [3.05, 3.63) is 73.6 Å². The fourth-order valence-corrected chi connectivity index (χ4v) is 5.75. The van der Waals surface area contributed by atoms with Gasteiger partial charge in [0.1, 0.15) is 0 Å². The molecule has 0 bridgehead atoms. The van der Waals surface area contributed by atoms with Gasteiger partial charge in [-0.15, -0.1) is 0 Å². The van der Waals surface area contributed by atoms with Gasteiger partial charge in [0.2, 0.25) is 5.88 Å². The van der Waals surface area contributed by atoms with E-state index in [-0.39, 0.29) is 29.5 Å². The molecule has 3 aromatic rings. The van der Waals surface area contributed by atoms with Crippen LogP contribution in [0.4, 0.5) is 18.3 Å². The molecule has 0 saturated carbocycles.